The predicted octanol–water partition coefficient (Wildman–Crippen LogP) is 2.02. The summed E-state index contributed by atoms with van der Waals surface area (Å²) < 4.78 is 26.9. The van der Waals surface area contributed by atoms with Crippen molar-refractivity contribution < 1.29 is 8.42 Å². The summed E-state index contributed by atoms with van der Waals surface area (Å²) in [5.74, 6) is 0.138. The lowest BCUT2D eigenvalue weighted by Crippen LogP contribution is -2.30. The highest BCUT2D eigenvalue weighted by Gasteiger charge is 2.16. The van der Waals surface area contributed by atoms with Gasteiger partial charge in [-0.05, 0) is 30.9 Å². The first kappa shape index (κ1) is 16.2. The smallest absolute Gasteiger partial charge is 0.212 e. The average Bonchev–Trinajstić information content (AvgIpc) is 2.48. The number of sulfonamides is 1. The van der Waals surface area contributed by atoms with Crippen molar-refractivity contribution >= 4 is 10.0 Å². The van der Waals surface area contributed by atoms with Crippen LogP contribution in [-0.4, -0.2) is 33.8 Å². The number of benzene rings is 1. The van der Waals surface area contributed by atoms with Crippen LogP contribution in [0.5, 0.6) is 0 Å². The van der Waals surface area contributed by atoms with Crippen LogP contribution < -0.4 is 10.0 Å². The molecule has 21 heavy (non-hydrogen) atoms. The molecular weight excluding hydrogens is 284 g/mol. The van der Waals surface area contributed by atoms with Gasteiger partial charge in [-0.15, -0.1) is 0 Å². The quantitative estimate of drug-likeness (QED) is 0.758. The van der Waals surface area contributed by atoms with E-state index in [1.165, 1.54) is 5.57 Å². The molecule has 1 aromatic carbocycles. The van der Waals surface area contributed by atoms with Crippen molar-refractivity contribution in [3.05, 3.63) is 47.5 Å². The summed E-state index contributed by atoms with van der Waals surface area (Å²) in [7, 11) is -3.22. The van der Waals surface area contributed by atoms with Crippen LogP contribution in [0.2, 0.25) is 0 Å². The first-order valence-electron chi connectivity index (χ1n) is 7.48. The Balaban J connectivity index is 1.80. The minimum atomic E-state index is -3.22. The van der Waals surface area contributed by atoms with Gasteiger partial charge in [0.05, 0.1) is 5.75 Å². The minimum Gasteiger partial charge on any atom is -0.313 e. The molecule has 1 aliphatic rings. The van der Waals surface area contributed by atoms with Crippen LogP contribution in [0.1, 0.15) is 31.2 Å². The van der Waals surface area contributed by atoms with Gasteiger partial charge in [-0.2, -0.15) is 0 Å². The summed E-state index contributed by atoms with van der Waals surface area (Å²) in [6.07, 6.45) is 3.98. The predicted molar refractivity (Wildman–Crippen MR) is 86.8 cm³/mol. The molecule has 0 aliphatic carbocycles. The highest BCUT2D eigenvalue weighted by Crippen LogP contribution is 2.16. The molecule has 0 aromatic heterocycles. The molecule has 1 aromatic rings. The summed E-state index contributed by atoms with van der Waals surface area (Å²) in [4.78, 5) is 0. The maximum atomic E-state index is 12.1. The van der Waals surface area contributed by atoms with E-state index in [1.54, 1.807) is 0 Å². The van der Waals surface area contributed by atoms with Gasteiger partial charge in [-0.3, -0.25) is 0 Å². The molecule has 0 bridgehead atoms. The summed E-state index contributed by atoms with van der Waals surface area (Å²) in [5, 5.41) is 3.25. The molecule has 4 nitrogen and oxygen atoms in total. The standard InChI is InChI=1S/C16H24N2O2S/c1-14(16-5-3-2-4-6-16)13-21(19,20)18-12-9-15-7-10-17-11-8-15/h2-7,14,17-18H,8-13H2,1H3. The Morgan fingerprint density at radius 3 is 2.71 bits per heavy atom. The Hall–Kier alpha value is -1.17. The zero-order valence-electron chi connectivity index (χ0n) is 12.5. The van der Waals surface area contributed by atoms with E-state index >= 15 is 0 Å². The molecular formula is C16H24N2O2S. The van der Waals surface area contributed by atoms with Crippen LogP contribution in [0.3, 0.4) is 0 Å². The van der Waals surface area contributed by atoms with E-state index in [2.05, 4.69) is 16.1 Å². The van der Waals surface area contributed by atoms with Crippen LogP contribution in [0, 0.1) is 0 Å². The second-order valence-electron chi connectivity index (χ2n) is 5.55. The summed E-state index contributed by atoms with van der Waals surface area (Å²) in [6.45, 7) is 4.33. The Labute approximate surface area is 127 Å². The molecule has 0 radical (unpaired) electrons. The lowest BCUT2D eigenvalue weighted by molar-refractivity contribution is 0.574. The third kappa shape index (κ3) is 5.61. The molecule has 0 spiro atoms. The van der Waals surface area contributed by atoms with Crippen molar-refractivity contribution in [1.29, 1.82) is 0 Å². The number of hydrogen-bond donors (Lipinski definition) is 2. The molecule has 1 heterocycles. The molecule has 0 fully saturated rings. The van der Waals surface area contributed by atoms with E-state index < -0.39 is 10.0 Å². The maximum Gasteiger partial charge on any atom is 0.212 e. The largest absolute Gasteiger partial charge is 0.313 e. The Bertz CT molecular complexity index is 567. The highest BCUT2D eigenvalue weighted by atomic mass is 32.2. The van der Waals surface area contributed by atoms with E-state index in [-0.39, 0.29) is 11.7 Å². The van der Waals surface area contributed by atoms with E-state index in [1.807, 2.05) is 37.3 Å². The lowest BCUT2D eigenvalue weighted by atomic mass is 10.0. The van der Waals surface area contributed by atoms with Gasteiger partial charge in [-0.1, -0.05) is 48.9 Å². The monoisotopic (exact) mass is 308 g/mol. The molecule has 0 amide bonds. The first-order chi connectivity index (χ1) is 10.1. The second kappa shape index (κ2) is 7.73. The summed E-state index contributed by atoms with van der Waals surface area (Å²) in [5.41, 5.74) is 2.40. The third-order valence-corrected chi connectivity index (χ3v) is 5.35. The molecule has 5 heteroatoms. The highest BCUT2D eigenvalue weighted by molar-refractivity contribution is 7.89. The average molecular weight is 308 g/mol. The van der Waals surface area contributed by atoms with Crippen molar-refractivity contribution in [2.45, 2.75) is 25.7 Å². The van der Waals surface area contributed by atoms with Gasteiger partial charge in [0.15, 0.2) is 0 Å². The molecule has 1 aliphatic heterocycles. The second-order valence-corrected chi connectivity index (χ2v) is 7.41. The van der Waals surface area contributed by atoms with Crippen molar-refractivity contribution in [1.82, 2.24) is 10.0 Å². The van der Waals surface area contributed by atoms with Gasteiger partial charge in [0.2, 0.25) is 10.0 Å². The van der Waals surface area contributed by atoms with E-state index in [4.69, 9.17) is 0 Å². The number of nitrogens with one attached hydrogen (secondary N) is 2. The van der Waals surface area contributed by atoms with E-state index in [0.29, 0.717) is 6.54 Å². The molecule has 116 valence electrons. The Kier molecular flexibility index (Phi) is 5.96. The fourth-order valence-electron chi connectivity index (χ4n) is 2.53. The van der Waals surface area contributed by atoms with Crippen molar-refractivity contribution in [3.63, 3.8) is 0 Å². The van der Waals surface area contributed by atoms with Gasteiger partial charge in [-0.25, -0.2) is 13.1 Å². The van der Waals surface area contributed by atoms with E-state index in [9.17, 15) is 8.42 Å². The summed E-state index contributed by atoms with van der Waals surface area (Å²) in [6, 6.07) is 9.76. The maximum absolute atomic E-state index is 12.1. The third-order valence-electron chi connectivity index (χ3n) is 3.76. The first-order valence-corrected chi connectivity index (χ1v) is 9.13. The fourth-order valence-corrected chi connectivity index (χ4v) is 3.91. The van der Waals surface area contributed by atoms with Gasteiger partial charge in [0.1, 0.15) is 0 Å². The van der Waals surface area contributed by atoms with Crippen LogP contribution >= 0.6 is 0 Å². The molecule has 2 rings (SSSR count). The minimum absolute atomic E-state index is 0.00166. The van der Waals surface area contributed by atoms with Gasteiger partial charge < -0.3 is 5.32 Å². The fraction of sp³-hybridized carbons (Fsp3) is 0.500. The normalized spacial score (nSPS) is 17.3. The van der Waals surface area contributed by atoms with Crippen LogP contribution in [0.4, 0.5) is 0 Å². The van der Waals surface area contributed by atoms with Crippen LogP contribution in [0.25, 0.3) is 0 Å². The van der Waals surface area contributed by atoms with Gasteiger partial charge in [0.25, 0.3) is 0 Å². The molecule has 2 N–H and O–H groups in total. The molecule has 1 unspecified atom stereocenters. The SMILES string of the molecule is CC(CS(=O)(=O)NCCC1=CCNCC1)c1ccccc1. The Morgan fingerprint density at radius 1 is 1.29 bits per heavy atom. The van der Waals surface area contributed by atoms with Gasteiger partial charge in [0, 0.05) is 13.1 Å². The molecule has 0 saturated heterocycles. The molecule has 0 saturated carbocycles. The Morgan fingerprint density at radius 2 is 2.05 bits per heavy atom. The number of hydrogen-bond acceptors (Lipinski definition) is 3. The zero-order valence-corrected chi connectivity index (χ0v) is 13.3. The van der Waals surface area contributed by atoms with Gasteiger partial charge >= 0.3 is 0 Å². The van der Waals surface area contributed by atoms with Crippen molar-refractivity contribution in [2.24, 2.45) is 0 Å². The zero-order chi connectivity index (χ0) is 15.1. The van der Waals surface area contributed by atoms with Crippen LogP contribution in [0.15, 0.2) is 42.0 Å². The van der Waals surface area contributed by atoms with E-state index in [0.717, 1.165) is 31.5 Å². The lowest BCUT2D eigenvalue weighted by Gasteiger charge is -2.16. The topological polar surface area (TPSA) is 58.2 Å². The molecule has 1 atom stereocenters. The number of rotatable bonds is 7. The van der Waals surface area contributed by atoms with Crippen molar-refractivity contribution in [3.8, 4) is 0 Å². The van der Waals surface area contributed by atoms with Crippen LogP contribution in [-0.2, 0) is 10.0 Å². The summed E-state index contributed by atoms with van der Waals surface area (Å²) >= 11 is 0. The van der Waals surface area contributed by atoms with Crippen molar-refractivity contribution in [2.75, 3.05) is 25.4 Å².